The van der Waals surface area contributed by atoms with Crippen LogP contribution in [-0.2, 0) is 9.53 Å². The zero-order valence-corrected chi connectivity index (χ0v) is 9.52. The van der Waals surface area contributed by atoms with Gasteiger partial charge in [-0.1, -0.05) is 0 Å². The third-order valence-electron chi connectivity index (χ3n) is 3.31. The standard InChI is InChI=1S/C11H20N2O3/c14-8-9-2-1-4-13(9)11(15)6-10-7-12-3-5-16-10/h9-10,12,14H,1-8H2/t9-,10?/m1/s1. The van der Waals surface area contributed by atoms with Crippen LogP contribution in [0, 0.1) is 0 Å². The summed E-state index contributed by atoms with van der Waals surface area (Å²) in [6.07, 6.45) is 2.36. The first kappa shape index (κ1) is 11.8. The molecule has 2 heterocycles. The van der Waals surface area contributed by atoms with Gasteiger partial charge >= 0.3 is 0 Å². The van der Waals surface area contributed by atoms with Crippen LogP contribution in [0.25, 0.3) is 0 Å². The molecule has 1 unspecified atom stereocenters. The van der Waals surface area contributed by atoms with Gasteiger partial charge in [0.05, 0.1) is 31.8 Å². The molecule has 92 valence electrons. The van der Waals surface area contributed by atoms with Crippen molar-refractivity contribution in [3.8, 4) is 0 Å². The summed E-state index contributed by atoms with van der Waals surface area (Å²) in [5.41, 5.74) is 0. The van der Waals surface area contributed by atoms with Crippen molar-refractivity contribution >= 4 is 5.91 Å². The first-order valence-electron chi connectivity index (χ1n) is 6.04. The van der Waals surface area contributed by atoms with E-state index in [9.17, 15) is 4.79 Å². The van der Waals surface area contributed by atoms with Gasteiger partial charge in [-0.05, 0) is 12.8 Å². The molecule has 5 nitrogen and oxygen atoms in total. The number of nitrogens with one attached hydrogen (secondary N) is 1. The van der Waals surface area contributed by atoms with Crippen LogP contribution in [0.2, 0.25) is 0 Å². The van der Waals surface area contributed by atoms with E-state index >= 15 is 0 Å². The molecule has 2 atom stereocenters. The van der Waals surface area contributed by atoms with E-state index in [-0.39, 0.29) is 24.7 Å². The molecule has 0 aliphatic carbocycles. The second-order valence-corrected chi connectivity index (χ2v) is 4.47. The Balaban J connectivity index is 1.82. The lowest BCUT2D eigenvalue weighted by Gasteiger charge is -2.27. The molecule has 0 aromatic carbocycles. The maximum Gasteiger partial charge on any atom is 0.225 e. The number of carbonyl (C=O) groups is 1. The molecular weight excluding hydrogens is 208 g/mol. The van der Waals surface area contributed by atoms with Crippen LogP contribution in [0.1, 0.15) is 19.3 Å². The van der Waals surface area contributed by atoms with Crippen molar-refractivity contribution in [1.82, 2.24) is 10.2 Å². The molecule has 2 rings (SSSR count). The quantitative estimate of drug-likeness (QED) is 0.674. The number of likely N-dealkylation sites (tertiary alicyclic amines) is 1. The second-order valence-electron chi connectivity index (χ2n) is 4.47. The number of hydrogen-bond acceptors (Lipinski definition) is 4. The van der Waals surface area contributed by atoms with Gasteiger partial charge in [0.2, 0.25) is 5.91 Å². The molecule has 2 N–H and O–H groups in total. The average molecular weight is 228 g/mol. The lowest BCUT2D eigenvalue weighted by atomic mass is 10.2. The number of hydrogen-bond donors (Lipinski definition) is 2. The molecule has 0 bridgehead atoms. The number of aliphatic hydroxyl groups is 1. The monoisotopic (exact) mass is 228 g/mol. The van der Waals surface area contributed by atoms with Crippen LogP contribution in [0.3, 0.4) is 0 Å². The number of amides is 1. The number of rotatable bonds is 3. The molecule has 0 aromatic rings. The highest BCUT2D eigenvalue weighted by Gasteiger charge is 2.29. The van der Waals surface area contributed by atoms with Gasteiger partial charge in [-0.3, -0.25) is 4.79 Å². The van der Waals surface area contributed by atoms with Crippen molar-refractivity contribution in [2.24, 2.45) is 0 Å². The SMILES string of the molecule is O=C(CC1CNCCO1)N1CCC[C@@H]1CO. The first-order chi connectivity index (χ1) is 7.81. The average Bonchev–Trinajstić information content (AvgIpc) is 2.78. The Bertz CT molecular complexity index is 241. The molecule has 2 saturated heterocycles. The summed E-state index contributed by atoms with van der Waals surface area (Å²) in [5, 5.41) is 12.4. The normalized spacial score (nSPS) is 30.7. The van der Waals surface area contributed by atoms with Crippen LogP contribution >= 0.6 is 0 Å². The lowest BCUT2D eigenvalue weighted by molar-refractivity contribution is -0.136. The topological polar surface area (TPSA) is 61.8 Å². The molecule has 0 aromatic heterocycles. The third-order valence-corrected chi connectivity index (χ3v) is 3.31. The van der Waals surface area contributed by atoms with Gasteiger partial charge in [-0.25, -0.2) is 0 Å². The number of nitrogens with zero attached hydrogens (tertiary/aromatic N) is 1. The summed E-state index contributed by atoms with van der Waals surface area (Å²) in [7, 11) is 0. The molecule has 16 heavy (non-hydrogen) atoms. The highest BCUT2D eigenvalue weighted by molar-refractivity contribution is 5.77. The lowest BCUT2D eigenvalue weighted by Crippen LogP contribution is -2.44. The zero-order chi connectivity index (χ0) is 11.4. The number of carbonyl (C=O) groups excluding carboxylic acids is 1. The van der Waals surface area contributed by atoms with E-state index in [0.717, 1.165) is 32.5 Å². The molecule has 0 radical (unpaired) electrons. The van der Waals surface area contributed by atoms with E-state index in [0.29, 0.717) is 13.0 Å². The predicted octanol–water partition coefficient (Wildman–Crippen LogP) is -0.652. The van der Waals surface area contributed by atoms with Crippen LogP contribution < -0.4 is 5.32 Å². The smallest absolute Gasteiger partial charge is 0.225 e. The molecular formula is C11H20N2O3. The van der Waals surface area contributed by atoms with Crippen molar-refractivity contribution in [2.45, 2.75) is 31.4 Å². The van der Waals surface area contributed by atoms with Crippen molar-refractivity contribution in [3.05, 3.63) is 0 Å². The maximum absolute atomic E-state index is 12.0. The fourth-order valence-electron chi connectivity index (χ4n) is 2.42. The van der Waals surface area contributed by atoms with E-state index < -0.39 is 0 Å². The second kappa shape index (κ2) is 5.61. The predicted molar refractivity (Wildman–Crippen MR) is 59.0 cm³/mol. The summed E-state index contributed by atoms with van der Waals surface area (Å²) < 4.78 is 5.50. The number of aliphatic hydroxyl groups excluding tert-OH is 1. The Hall–Kier alpha value is -0.650. The minimum atomic E-state index is 0.00110. The van der Waals surface area contributed by atoms with Crippen LogP contribution in [0.15, 0.2) is 0 Å². The van der Waals surface area contributed by atoms with Crippen molar-refractivity contribution in [3.63, 3.8) is 0 Å². The first-order valence-corrected chi connectivity index (χ1v) is 6.04. The van der Waals surface area contributed by atoms with E-state index in [1.807, 2.05) is 0 Å². The Labute approximate surface area is 95.8 Å². The molecule has 0 spiro atoms. The van der Waals surface area contributed by atoms with Crippen LogP contribution in [0.4, 0.5) is 0 Å². The van der Waals surface area contributed by atoms with Gasteiger partial charge in [0.25, 0.3) is 0 Å². The van der Waals surface area contributed by atoms with E-state index in [1.165, 1.54) is 0 Å². The van der Waals surface area contributed by atoms with Crippen LogP contribution in [-0.4, -0.2) is 60.9 Å². The summed E-state index contributed by atoms with van der Waals surface area (Å²) >= 11 is 0. The van der Waals surface area contributed by atoms with Gasteiger partial charge in [0.15, 0.2) is 0 Å². The van der Waals surface area contributed by atoms with Crippen LogP contribution in [0.5, 0.6) is 0 Å². The molecule has 2 aliphatic heterocycles. The fraction of sp³-hybridized carbons (Fsp3) is 0.909. The van der Waals surface area contributed by atoms with Gasteiger partial charge in [0, 0.05) is 19.6 Å². The molecule has 5 heteroatoms. The Morgan fingerprint density at radius 2 is 2.44 bits per heavy atom. The molecule has 2 aliphatic rings. The Kier molecular flexibility index (Phi) is 4.15. The zero-order valence-electron chi connectivity index (χ0n) is 9.52. The Morgan fingerprint density at radius 3 is 3.12 bits per heavy atom. The minimum Gasteiger partial charge on any atom is -0.394 e. The van der Waals surface area contributed by atoms with E-state index in [4.69, 9.17) is 9.84 Å². The van der Waals surface area contributed by atoms with Gasteiger partial charge in [0.1, 0.15) is 0 Å². The highest BCUT2D eigenvalue weighted by atomic mass is 16.5. The van der Waals surface area contributed by atoms with E-state index in [2.05, 4.69) is 5.32 Å². The minimum absolute atomic E-state index is 0.00110. The number of morpholine rings is 1. The summed E-state index contributed by atoms with van der Waals surface area (Å²) in [6.45, 7) is 3.16. The van der Waals surface area contributed by atoms with Gasteiger partial charge in [-0.2, -0.15) is 0 Å². The highest BCUT2D eigenvalue weighted by Crippen LogP contribution is 2.18. The van der Waals surface area contributed by atoms with Gasteiger partial charge in [-0.15, -0.1) is 0 Å². The van der Waals surface area contributed by atoms with Gasteiger partial charge < -0.3 is 20.1 Å². The maximum atomic E-state index is 12.0. The Morgan fingerprint density at radius 1 is 1.56 bits per heavy atom. The summed E-state index contributed by atoms with van der Waals surface area (Å²) in [5.74, 6) is 0.116. The molecule has 1 amide bonds. The summed E-state index contributed by atoms with van der Waals surface area (Å²) in [6, 6.07) is 0.0315. The number of ether oxygens (including phenoxy) is 1. The molecule has 0 saturated carbocycles. The van der Waals surface area contributed by atoms with Crippen molar-refractivity contribution in [1.29, 1.82) is 0 Å². The van der Waals surface area contributed by atoms with Crippen molar-refractivity contribution in [2.75, 3.05) is 32.8 Å². The molecule has 2 fully saturated rings. The summed E-state index contributed by atoms with van der Waals surface area (Å²) in [4.78, 5) is 13.8. The third kappa shape index (κ3) is 2.72. The fourth-order valence-corrected chi connectivity index (χ4v) is 2.42. The van der Waals surface area contributed by atoms with Crippen molar-refractivity contribution < 1.29 is 14.6 Å². The largest absolute Gasteiger partial charge is 0.394 e. The van der Waals surface area contributed by atoms with E-state index in [1.54, 1.807) is 4.90 Å².